The van der Waals surface area contributed by atoms with Gasteiger partial charge in [0.15, 0.2) is 0 Å². The molecular formula is C13H12Cl2O2S. The number of benzene rings is 1. The summed E-state index contributed by atoms with van der Waals surface area (Å²) >= 11 is 13.1. The highest BCUT2D eigenvalue weighted by atomic mass is 35.5. The minimum absolute atomic E-state index is 0.441. The minimum atomic E-state index is -0.683. The number of hydrogen-bond donors (Lipinski definition) is 1. The summed E-state index contributed by atoms with van der Waals surface area (Å²) < 4.78 is 6.36. The normalized spacial score (nSPS) is 12.4. The van der Waals surface area contributed by atoms with Gasteiger partial charge in [0, 0.05) is 12.0 Å². The summed E-state index contributed by atoms with van der Waals surface area (Å²) in [6.07, 6.45) is -0.242. The summed E-state index contributed by atoms with van der Waals surface area (Å²) in [4.78, 5) is 0. The van der Waals surface area contributed by atoms with Crippen molar-refractivity contribution in [3.8, 4) is 5.75 Å². The maximum absolute atomic E-state index is 10.2. The number of hydrogen-bond acceptors (Lipinski definition) is 3. The van der Waals surface area contributed by atoms with Crippen molar-refractivity contribution in [2.75, 3.05) is 7.11 Å². The van der Waals surface area contributed by atoms with Gasteiger partial charge in [0.2, 0.25) is 0 Å². The highest BCUT2D eigenvalue weighted by molar-refractivity contribution is 7.20. The Morgan fingerprint density at radius 3 is 2.67 bits per heavy atom. The number of halogens is 2. The van der Waals surface area contributed by atoms with E-state index in [1.807, 2.05) is 24.3 Å². The molecule has 0 radical (unpaired) electrons. The molecule has 0 bridgehead atoms. The molecule has 1 aromatic heterocycles. The molecule has 1 N–H and O–H groups in total. The van der Waals surface area contributed by atoms with Crippen LogP contribution < -0.4 is 4.74 Å². The third-order valence-electron chi connectivity index (χ3n) is 2.65. The first-order chi connectivity index (χ1) is 8.61. The number of para-hydroxylation sites is 1. The topological polar surface area (TPSA) is 29.5 Å². The van der Waals surface area contributed by atoms with E-state index in [4.69, 9.17) is 27.9 Å². The highest BCUT2D eigenvalue weighted by Crippen LogP contribution is 2.36. The number of thiophene rings is 1. The molecule has 0 saturated heterocycles. The fourth-order valence-corrected chi connectivity index (χ4v) is 3.34. The fourth-order valence-electron chi connectivity index (χ4n) is 1.77. The first-order valence-corrected chi connectivity index (χ1v) is 6.93. The average Bonchev–Trinajstić information content (AvgIpc) is 2.69. The monoisotopic (exact) mass is 302 g/mol. The first-order valence-electron chi connectivity index (χ1n) is 5.36. The second kappa shape index (κ2) is 5.93. The molecule has 0 amide bonds. The lowest BCUT2D eigenvalue weighted by atomic mass is 10.0. The van der Waals surface area contributed by atoms with Gasteiger partial charge >= 0.3 is 0 Å². The van der Waals surface area contributed by atoms with E-state index in [0.717, 1.165) is 11.3 Å². The van der Waals surface area contributed by atoms with Crippen molar-refractivity contribution in [2.45, 2.75) is 12.5 Å². The van der Waals surface area contributed by atoms with Crippen molar-refractivity contribution in [3.63, 3.8) is 0 Å². The van der Waals surface area contributed by atoms with Crippen LogP contribution in [0.1, 0.15) is 17.2 Å². The van der Waals surface area contributed by atoms with Gasteiger partial charge in [-0.1, -0.05) is 41.4 Å². The summed E-state index contributed by atoms with van der Waals surface area (Å²) in [5.74, 6) is 0.758. The van der Waals surface area contributed by atoms with E-state index in [9.17, 15) is 5.11 Å². The van der Waals surface area contributed by atoms with Crippen molar-refractivity contribution in [2.24, 2.45) is 0 Å². The number of rotatable bonds is 4. The van der Waals surface area contributed by atoms with Crippen molar-refractivity contribution in [1.29, 1.82) is 0 Å². The zero-order chi connectivity index (χ0) is 13.1. The quantitative estimate of drug-likeness (QED) is 0.910. The number of aliphatic hydroxyl groups is 1. The van der Waals surface area contributed by atoms with Crippen LogP contribution in [-0.2, 0) is 6.42 Å². The number of methoxy groups -OCH3 is 1. The molecule has 0 fully saturated rings. The van der Waals surface area contributed by atoms with E-state index in [1.165, 1.54) is 11.3 Å². The second-order valence-corrected chi connectivity index (χ2v) is 6.10. The average molecular weight is 303 g/mol. The Morgan fingerprint density at radius 2 is 2.06 bits per heavy atom. The molecule has 0 aliphatic rings. The molecule has 1 aromatic carbocycles. The fraction of sp³-hybridized carbons (Fsp3) is 0.231. The van der Waals surface area contributed by atoms with E-state index in [1.54, 1.807) is 13.2 Å². The highest BCUT2D eigenvalue weighted by Gasteiger charge is 2.17. The van der Waals surface area contributed by atoms with Crippen molar-refractivity contribution < 1.29 is 9.84 Å². The summed E-state index contributed by atoms with van der Waals surface area (Å²) in [5, 5.41) is 10.2. The zero-order valence-corrected chi connectivity index (χ0v) is 12.0. The molecule has 1 atom stereocenters. The smallest absolute Gasteiger partial charge is 0.122 e. The van der Waals surface area contributed by atoms with Crippen LogP contribution in [0, 0.1) is 0 Å². The summed E-state index contributed by atoms with van der Waals surface area (Å²) in [6.45, 7) is 0. The van der Waals surface area contributed by atoms with Gasteiger partial charge in [-0.05, 0) is 17.7 Å². The van der Waals surface area contributed by atoms with Gasteiger partial charge in [-0.15, -0.1) is 11.3 Å². The molecule has 2 nitrogen and oxygen atoms in total. The molecule has 5 heteroatoms. The molecule has 0 aliphatic heterocycles. The van der Waals surface area contributed by atoms with Crippen LogP contribution in [0.2, 0.25) is 8.67 Å². The Labute approximate surface area is 120 Å². The molecule has 2 aromatic rings. The molecule has 0 saturated carbocycles. The van der Waals surface area contributed by atoms with E-state index in [0.29, 0.717) is 20.7 Å². The molecule has 0 spiro atoms. The van der Waals surface area contributed by atoms with Crippen LogP contribution in [0.15, 0.2) is 30.3 Å². The number of ether oxygens (including phenoxy) is 1. The lowest BCUT2D eigenvalue weighted by Crippen LogP contribution is -2.02. The van der Waals surface area contributed by atoms with E-state index < -0.39 is 6.10 Å². The Bertz CT molecular complexity index is 540. The predicted octanol–water partition coefficient (Wildman–Crippen LogP) is 4.34. The molecule has 0 aliphatic carbocycles. The van der Waals surface area contributed by atoms with Crippen LogP contribution in [0.25, 0.3) is 0 Å². The molecule has 1 heterocycles. The summed E-state index contributed by atoms with van der Waals surface area (Å²) in [5.41, 5.74) is 1.60. The lowest BCUT2D eigenvalue weighted by Gasteiger charge is -2.12. The zero-order valence-electron chi connectivity index (χ0n) is 9.69. The van der Waals surface area contributed by atoms with Crippen LogP contribution in [0.4, 0.5) is 0 Å². The van der Waals surface area contributed by atoms with Gasteiger partial charge in [-0.25, -0.2) is 0 Å². The van der Waals surface area contributed by atoms with E-state index in [-0.39, 0.29) is 0 Å². The van der Waals surface area contributed by atoms with Crippen molar-refractivity contribution in [3.05, 3.63) is 50.1 Å². The standard InChI is InChI=1S/C13H12Cl2O2S/c1-17-11-5-3-2-4-8(11)6-10(16)9-7-12(14)18-13(9)15/h2-5,7,10,16H,6H2,1H3. The lowest BCUT2D eigenvalue weighted by molar-refractivity contribution is 0.178. The predicted molar refractivity (Wildman–Crippen MR) is 76.0 cm³/mol. The van der Waals surface area contributed by atoms with Gasteiger partial charge in [0.25, 0.3) is 0 Å². The summed E-state index contributed by atoms with van der Waals surface area (Å²) in [6, 6.07) is 9.29. The molecule has 2 rings (SSSR count). The molecule has 18 heavy (non-hydrogen) atoms. The van der Waals surface area contributed by atoms with Crippen LogP contribution in [-0.4, -0.2) is 12.2 Å². The summed E-state index contributed by atoms with van der Waals surface area (Å²) in [7, 11) is 1.61. The van der Waals surface area contributed by atoms with Crippen LogP contribution in [0.5, 0.6) is 5.75 Å². The molecular weight excluding hydrogens is 291 g/mol. The van der Waals surface area contributed by atoms with Crippen LogP contribution in [0.3, 0.4) is 0 Å². The second-order valence-electron chi connectivity index (χ2n) is 3.81. The van der Waals surface area contributed by atoms with Gasteiger partial charge in [-0.3, -0.25) is 0 Å². The number of aliphatic hydroxyl groups excluding tert-OH is 1. The van der Waals surface area contributed by atoms with Gasteiger partial charge < -0.3 is 9.84 Å². The SMILES string of the molecule is COc1ccccc1CC(O)c1cc(Cl)sc1Cl. The Balaban J connectivity index is 2.21. The molecule has 96 valence electrons. The maximum Gasteiger partial charge on any atom is 0.122 e. The Hall–Kier alpha value is -0.740. The Kier molecular flexibility index (Phi) is 4.51. The van der Waals surface area contributed by atoms with Gasteiger partial charge in [0.1, 0.15) is 10.1 Å². The van der Waals surface area contributed by atoms with Gasteiger partial charge in [-0.2, -0.15) is 0 Å². The minimum Gasteiger partial charge on any atom is -0.496 e. The Morgan fingerprint density at radius 1 is 1.33 bits per heavy atom. The first kappa shape index (κ1) is 13.7. The van der Waals surface area contributed by atoms with E-state index in [2.05, 4.69) is 0 Å². The van der Waals surface area contributed by atoms with Crippen molar-refractivity contribution >= 4 is 34.5 Å². The molecule has 1 unspecified atom stereocenters. The third kappa shape index (κ3) is 2.98. The maximum atomic E-state index is 10.2. The van der Waals surface area contributed by atoms with Crippen LogP contribution >= 0.6 is 34.5 Å². The third-order valence-corrected chi connectivity index (χ3v) is 4.17. The van der Waals surface area contributed by atoms with Gasteiger partial charge in [0.05, 0.1) is 17.6 Å². The van der Waals surface area contributed by atoms with E-state index >= 15 is 0 Å². The van der Waals surface area contributed by atoms with Crippen molar-refractivity contribution in [1.82, 2.24) is 0 Å². The largest absolute Gasteiger partial charge is 0.496 e.